The molecule has 6 rings (SSSR count). The van der Waals surface area contributed by atoms with Crippen LogP contribution in [-0.4, -0.2) is 44.4 Å². The molecule has 2 aliphatic heterocycles. The van der Waals surface area contributed by atoms with Crippen molar-refractivity contribution < 1.29 is 9.53 Å². The van der Waals surface area contributed by atoms with Gasteiger partial charge in [-0.05, 0) is 75.3 Å². The van der Waals surface area contributed by atoms with Gasteiger partial charge in [-0.2, -0.15) is 0 Å². The zero-order valence-electron chi connectivity index (χ0n) is 18.8. The van der Waals surface area contributed by atoms with Gasteiger partial charge in [-0.25, -0.2) is 9.97 Å². The highest BCUT2D eigenvalue weighted by Crippen LogP contribution is 2.38. The third-order valence-electron chi connectivity index (χ3n) is 6.64. The minimum absolute atomic E-state index is 0.0237. The highest BCUT2D eigenvalue weighted by molar-refractivity contribution is 5.99. The number of hydrogen-bond donors (Lipinski definition) is 0. The lowest BCUT2D eigenvalue weighted by molar-refractivity contribution is -0.0315. The molecule has 6 heteroatoms. The molecule has 1 amide bonds. The van der Waals surface area contributed by atoms with Crippen LogP contribution in [0, 0.1) is 26.7 Å². The van der Waals surface area contributed by atoms with Crippen LogP contribution in [0.3, 0.4) is 0 Å². The molecule has 2 saturated heterocycles. The van der Waals surface area contributed by atoms with Crippen LogP contribution < -0.4 is 4.74 Å². The largest absolute Gasteiger partial charge is 0.472 e. The molecule has 3 fully saturated rings. The molecule has 0 spiro atoms. The highest BCUT2D eigenvalue weighted by Gasteiger charge is 2.45. The number of rotatable bonds is 4. The summed E-state index contributed by atoms with van der Waals surface area (Å²) < 4.78 is 6.28. The normalized spacial score (nSPS) is 22.1. The number of amides is 1. The van der Waals surface area contributed by atoms with Gasteiger partial charge >= 0.3 is 0 Å². The van der Waals surface area contributed by atoms with E-state index >= 15 is 0 Å². The lowest BCUT2D eigenvalue weighted by Crippen LogP contribution is -2.59. The Kier molecular flexibility index (Phi) is 5.37. The van der Waals surface area contributed by atoms with E-state index in [1.807, 2.05) is 68.3 Å². The average molecular weight is 429 g/mol. The number of aryl methyl sites for hydroxylation is 3. The molecule has 3 aromatic heterocycles. The van der Waals surface area contributed by atoms with Gasteiger partial charge in [-0.1, -0.05) is 12.1 Å². The van der Waals surface area contributed by atoms with E-state index in [0.29, 0.717) is 17.5 Å². The van der Waals surface area contributed by atoms with Crippen molar-refractivity contribution in [3.8, 4) is 17.1 Å². The van der Waals surface area contributed by atoms with Crippen molar-refractivity contribution in [2.45, 2.75) is 52.2 Å². The second-order valence-electron chi connectivity index (χ2n) is 9.05. The first kappa shape index (κ1) is 20.6. The number of carbonyl (C=O) groups excluding carboxylic acids is 1. The second kappa shape index (κ2) is 8.34. The van der Waals surface area contributed by atoms with Crippen molar-refractivity contribution >= 4 is 5.91 Å². The molecule has 0 radical (unpaired) electrons. The zero-order chi connectivity index (χ0) is 22.2. The molecule has 0 N–H and O–H groups in total. The molecular formula is C26H28N4O2. The van der Waals surface area contributed by atoms with Gasteiger partial charge in [-0.3, -0.25) is 9.78 Å². The van der Waals surface area contributed by atoms with Crippen LogP contribution in [0.15, 0.2) is 48.8 Å². The summed E-state index contributed by atoms with van der Waals surface area (Å²) in [6, 6.07) is 11.8. The Hall–Kier alpha value is -3.28. The summed E-state index contributed by atoms with van der Waals surface area (Å²) in [6.45, 7) is 6.69. The van der Waals surface area contributed by atoms with Gasteiger partial charge < -0.3 is 9.64 Å². The van der Waals surface area contributed by atoms with Crippen LogP contribution in [0.25, 0.3) is 11.3 Å². The van der Waals surface area contributed by atoms with Crippen LogP contribution in [-0.2, 0) is 0 Å². The summed E-state index contributed by atoms with van der Waals surface area (Å²) >= 11 is 0. The Balaban J connectivity index is 1.46. The summed E-state index contributed by atoms with van der Waals surface area (Å²) in [5.41, 5.74) is 5.03. The van der Waals surface area contributed by atoms with E-state index < -0.39 is 0 Å². The fourth-order valence-corrected chi connectivity index (χ4v) is 4.99. The maximum Gasteiger partial charge on any atom is 0.273 e. The minimum Gasteiger partial charge on any atom is -0.472 e. The van der Waals surface area contributed by atoms with Crippen molar-refractivity contribution in [2.75, 3.05) is 6.54 Å². The van der Waals surface area contributed by atoms with Gasteiger partial charge in [0.25, 0.3) is 5.91 Å². The van der Waals surface area contributed by atoms with Crippen molar-refractivity contribution in [1.82, 2.24) is 19.9 Å². The van der Waals surface area contributed by atoms with Gasteiger partial charge in [0.2, 0.25) is 5.88 Å². The van der Waals surface area contributed by atoms with Crippen molar-refractivity contribution in [3.63, 3.8) is 0 Å². The summed E-state index contributed by atoms with van der Waals surface area (Å²) in [5.74, 6) is 1.02. The number of nitrogens with zero attached hydrogens (tertiary/aromatic N) is 4. The van der Waals surface area contributed by atoms with Crippen LogP contribution in [0.5, 0.6) is 5.88 Å². The molecule has 164 valence electrons. The van der Waals surface area contributed by atoms with E-state index in [1.165, 1.54) is 0 Å². The summed E-state index contributed by atoms with van der Waals surface area (Å²) in [5, 5.41) is 0. The topological polar surface area (TPSA) is 68.2 Å². The van der Waals surface area contributed by atoms with Gasteiger partial charge in [0.05, 0.1) is 11.7 Å². The third kappa shape index (κ3) is 3.85. The Morgan fingerprint density at radius 1 is 1.06 bits per heavy atom. The average Bonchev–Trinajstić information content (AvgIpc) is 2.81. The molecule has 2 bridgehead atoms. The second-order valence-corrected chi connectivity index (χ2v) is 9.05. The van der Waals surface area contributed by atoms with Gasteiger partial charge in [0.15, 0.2) is 0 Å². The SMILES string of the molecule is Cc1ccc(OC2CC3CCC2N(C(=O)c2nc(C)ccc2-c2ncccc2C)C3)nc1. The molecule has 1 saturated carbocycles. The molecule has 3 aromatic rings. The molecule has 6 nitrogen and oxygen atoms in total. The first-order valence-corrected chi connectivity index (χ1v) is 11.3. The quantitative estimate of drug-likeness (QED) is 0.610. The number of piperidine rings is 2. The lowest BCUT2D eigenvalue weighted by Gasteiger charge is -2.49. The Labute approximate surface area is 188 Å². The Morgan fingerprint density at radius 3 is 2.69 bits per heavy atom. The molecule has 3 unspecified atom stereocenters. The molecule has 32 heavy (non-hydrogen) atoms. The number of hydrogen-bond acceptors (Lipinski definition) is 5. The van der Waals surface area contributed by atoms with E-state index in [4.69, 9.17) is 4.74 Å². The fraction of sp³-hybridized carbons (Fsp3) is 0.385. The molecule has 5 heterocycles. The first-order valence-electron chi connectivity index (χ1n) is 11.3. The first-order chi connectivity index (χ1) is 15.5. The van der Waals surface area contributed by atoms with E-state index in [2.05, 4.69) is 15.0 Å². The minimum atomic E-state index is -0.0495. The van der Waals surface area contributed by atoms with E-state index in [-0.39, 0.29) is 18.1 Å². The van der Waals surface area contributed by atoms with Crippen molar-refractivity contribution in [2.24, 2.45) is 5.92 Å². The van der Waals surface area contributed by atoms with E-state index in [9.17, 15) is 4.79 Å². The van der Waals surface area contributed by atoms with Gasteiger partial charge in [0, 0.05) is 36.3 Å². The van der Waals surface area contributed by atoms with Gasteiger partial charge in [-0.15, -0.1) is 0 Å². The maximum atomic E-state index is 13.9. The fourth-order valence-electron chi connectivity index (χ4n) is 4.99. The number of carbonyl (C=O) groups is 1. The number of ether oxygens (including phenoxy) is 1. The number of pyridine rings is 3. The van der Waals surface area contributed by atoms with Crippen molar-refractivity contribution in [3.05, 3.63) is 71.3 Å². The third-order valence-corrected chi connectivity index (χ3v) is 6.64. The maximum absolute atomic E-state index is 13.9. The summed E-state index contributed by atoms with van der Waals surface area (Å²) in [6.07, 6.45) is 6.55. The van der Waals surface area contributed by atoms with Crippen LogP contribution in [0.1, 0.15) is 46.6 Å². The van der Waals surface area contributed by atoms with Crippen LogP contribution in [0.4, 0.5) is 0 Å². The van der Waals surface area contributed by atoms with E-state index in [0.717, 1.165) is 53.9 Å². The number of fused-ring (bicyclic) bond motifs is 3. The van der Waals surface area contributed by atoms with Gasteiger partial charge in [0.1, 0.15) is 11.8 Å². The van der Waals surface area contributed by atoms with Crippen LogP contribution >= 0.6 is 0 Å². The number of aromatic nitrogens is 3. The standard InChI is InChI=1S/C26H28N4O2/c1-16-6-11-23(28-14-16)32-22-13-19-8-10-21(22)30(15-19)26(31)25-20(9-7-18(3)29-25)24-17(2)5-4-12-27-24/h4-7,9,11-12,14,19,21-22H,8,10,13,15H2,1-3H3. The molecular weight excluding hydrogens is 400 g/mol. The highest BCUT2D eigenvalue weighted by atomic mass is 16.5. The zero-order valence-corrected chi connectivity index (χ0v) is 18.8. The molecule has 1 aliphatic carbocycles. The monoisotopic (exact) mass is 428 g/mol. The molecule has 3 aliphatic rings. The molecule has 0 aromatic carbocycles. The van der Waals surface area contributed by atoms with Crippen molar-refractivity contribution in [1.29, 1.82) is 0 Å². The Bertz CT molecular complexity index is 1140. The smallest absolute Gasteiger partial charge is 0.273 e. The Morgan fingerprint density at radius 2 is 1.94 bits per heavy atom. The summed E-state index contributed by atoms with van der Waals surface area (Å²) in [7, 11) is 0. The predicted molar refractivity (Wildman–Crippen MR) is 122 cm³/mol. The van der Waals surface area contributed by atoms with E-state index in [1.54, 1.807) is 6.20 Å². The molecule has 3 atom stereocenters. The lowest BCUT2D eigenvalue weighted by atomic mass is 9.77. The summed E-state index contributed by atoms with van der Waals surface area (Å²) in [4.78, 5) is 29.5. The predicted octanol–water partition coefficient (Wildman–Crippen LogP) is 4.54. The van der Waals surface area contributed by atoms with Crippen LogP contribution in [0.2, 0.25) is 0 Å².